The fourth-order valence-electron chi connectivity index (χ4n) is 2.14. The summed E-state index contributed by atoms with van der Waals surface area (Å²) < 4.78 is 28.1. The third kappa shape index (κ3) is 3.74. The van der Waals surface area contributed by atoms with Crippen molar-refractivity contribution in [2.45, 2.75) is 26.2 Å². The summed E-state index contributed by atoms with van der Waals surface area (Å²) in [7, 11) is -2.83. The van der Waals surface area contributed by atoms with Crippen LogP contribution in [-0.2, 0) is 14.6 Å². The third-order valence-electron chi connectivity index (χ3n) is 3.10. The van der Waals surface area contributed by atoms with E-state index in [9.17, 15) is 8.42 Å². The van der Waals surface area contributed by atoms with Gasteiger partial charge in [0.25, 0.3) is 0 Å². The lowest BCUT2D eigenvalue weighted by molar-refractivity contribution is 0.132. The molecular formula is C10H21NO3S. The fraction of sp³-hybridized carbons (Fsp3) is 1.00. The molecular weight excluding hydrogens is 214 g/mol. The van der Waals surface area contributed by atoms with Gasteiger partial charge in [-0.2, -0.15) is 0 Å². The van der Waals surface area contributed by atoms with E-state index in [0.717, 1.165) is 19.3 Å². The van der Waals surface area contributed by atoms with Gasteiger partial charge in [0, 0.05) is 13.2 Å². The summed E-state index contributed by atoms with van der Waals surface area (Å²) >= 11 is 0. The normalized spacial score (nSPS) is 29.5. The maximum atomic E-state index is 11.4. The standard InChI is InChI=1S/C10H21NO3S/c1-2-14-6-3-4-10(8-11)5-7-15(12,13)9-10/h2-9,11H2,1H3. The first-order valence-corrected chi connectivity index (χ1v) is 7.34. The molecule has 90 valence electrons. The van der Waals surface area contributed by atoms with Crippen molar-refractivity contribution in [3.63, 3.8) is 0 Å². The van der Waals surface area contributed by atoms with Crippen molar-refractivity contribution in [2.75, 3.05) is 31.3 Å². The van der Waals surface area contributed by atoms with Gasteiger partial charge in [0.2, 0.25) is 0 Å². The van der Waals surface area contributed by atoms with Crippen LogP contribution in [0, 0.1) is 5.41 Å². The highest BCUT2D eigenvalue weighted by Gasteiger charge is 2.40. The molecule has 1 heterocycles. The van der Waals surface area contributed by atoms with Crippen molar-refractivity contribution < 1.29 is 13.2 Å². The zero-order valence-corrected chi connectivity index (χ0v) is 10.2. The maximum Gasteiger partial charge on any atom is 0.150 e. The Morgan fingerprint density at radius 1 is 1.47 bits per heavy atom. The molecule has 2 N–H and O–H groups in total. The summed E-state index contributed by atoms with van der Waals surface area (Å²) in [5.41, 5.74) is 5.53. The Bertz CT molecular complexity index is 289. The summed E-state index contributed by atoms with van der Waals surface area (Å²) in [5, 5.41) is 0. The number of hydrogen-bond acceptors (Lipinski definition) is 4. The molecule has 5 heteroatoms. The molecule has 1 rings (SSSR count). The van der Waals surface area contributed by atoms with Crippen molar-refractivity contribution in [1.82, 2.24) is 0 Å². The number of hydrogen-bond donors (Lipinski definition) is 1. The molecule has 4 nitrogen and oxygen atoms in total. The highest BCUT2D eigenvalue weighted by molar-refractivity contribution is 7.91. The molecule has 0 saturated carbocycles. The van der Waals surface area contributed by atoms with Gasteiger partial charge in [-0.05, 0) is 38.1 Å². The first-order chi connectivity index (χ1) is 7.04. The lowest BCUT2D eigenvalue weighted by Crippen LogP contribution is -2.32. The predicted molar refractivity (Wildman–Crippen MR) is 60.5 cm³/mol. The van der Waals surface area contributed by atoms with Crippen LogP contribution in [0.1, 0.15) is 26.2 Å². The van der Waals surface area contributed by atoms with Gasteiger partial charge in [-0.25, -0.2) is 8.42 Å². The van der Waals surface area contributed by atoms with Gasteiger partial charge in [0.05, 0.1) is 11.5 Å². The highest BCUT2D eigenvalue weighted by Crippen LogP contribution is 2.35. The van der Waals surface area contributed by atoms with Gasteiger partial charge >= 0.3 is 0 Å². The molecule has 0 aliphatic carbocycles. The van der Waals surface area contributed by atoms with Crippen LogP contribution < -0.4 is 5.73 Å². The summed E-state index contributed by atoms with van der Waals surface area (Å²) in [6.45, 7) is 3.85. The molecule has 0 radical (unpaired) electrons. The average Bonchev–Trinajstić information content (AvgIpc) is 2.50. The van der Waals surface area contributed by atoms with E-state index in [4.69, 9.17) is 10.5 Å². The van der Waals surface area contributed by atoms with Crippen molar-refractivity contribution in [1.29, 1.82) is 0 Å². The van der Waals surface area contributed by atoms with Gasteiger partial charge in [-0.1, -0.05) is 0 Å². The molecule has 1 aliphatic rings. The van der Waals surface area contributed by atoms with Crippen LogP contribution in [0.25, 0.3) is 0 Å². The average molecular weight is 235 g/mol. The Labute approximate surface area is 92.1 Å². The van der Waals surface area contributed by atoms with E-state index in [1.54, 1.807) is 0 Å². The van der Waals surface area contributed by atoms with Crippen LogP contribution in [0.2, 0.25) is 0 Å². The van der Waals surface area contributed by atoms with E-state index in [-0.39, 0.29) is 11.2 Å². The number of rotatable bonds is 6. The summed E-state index contributed by atoms with van der Waals surface area (Å²) in [6.07, 6.45) is 2.49. The van der Waals surface area contributed by atoms with E-state index in [0.29, 0.717) is 25.5 Å². The Morgan fingerprint density at radius 2 is 2.20 bits per heavy atom. The van der Waals surface area contributed by atoms with Crippen LogP contribution in [0.15, 0.2) is 0 Å². The second-order valence-corrected chi connectivity index (χ2v) is 6.53. The van der Waals surface area contributed by atoms with E-state index < -0.39 is 9.84 Å². The van der Waals surface area contributed by atoms with Crippen LogP contribution in [0.4, 0.5) is 0 Å². The van der Waals surface area contributed by atoms with Crippen LogP contribution in [0.3, 0.4) is 0 Å². The Kier molecular flexibility index (Phi) is 4.55. The number of sulfone groups is 1. The van der Waals surface area contributed by atoms with E-state index in [2.05, 4.69) is 0 Å². The summed E-state index contributed by atoms with van der Waals surface area (Å²) in [6, 6.07) is 0. The maximum absolute atomic E-state index is 11.4. The van der Waals surface area contributed by atoms with Crippen LogP contribution in [0.5, 0.6) is 0 Å². The predicted octanol–water partition coefficient (Wildman–Crippen LogP) is 0.567. The lowest BCUT2D eigenvalue weighted by atomic mass is 9.83. The zero-order valence-electron chi connectivity index (χ0n) is 9.37. The molecule has 15 heavy (non-hydrogen) atoms. The molecule has 0 bridgehead atoms. The SMILES string of the molecule is CCOCCCC1(CN)CCS(=O)(=O)C1. The first kappa shape index (κ1) is 12.9. The van der Waals surface area contributed by atoms with E-state index >= 15 is 0 Å². The monoisotopic (exact) mass is 235 g/mol. The molecule has 0 aromatic rings. The van der Waals surface area contributed by atoms with Crippen LogP contribution >= 0.6 is 0 Å². The van der Waals surface area contributed by atoms with Crippen LogP contribution in [-0.4, -0.2) is 39.7 Å². The molecule has 1 unspecified atom stereocenters. The smallest absolute Gasteiger partial charge is 0.150 e. The van der Waals surface area contributed by atoms with Crippen molar-refractivity contribution in [2.24, 2.45) is 11.1 Å². The second kappa shape index (κ2) is 5.27. The molecule has 0 amide bonds. The van der Waals surface area contributed by atoms with Gasteiger partial charge < -0.3 is 10.5 Å². The van der Waals surface area contributed by atoms with Crippen molar-refractivity contribution >= 4 is 9.84 Å². The van der Waals surface area contributed by atoms with E-state index in [1.165, 1.54) is 0 Å². The molecule has 1 aliphatic heterocycles. The van der Waals surface area contributed by atoms with Gasteiger partial charge in [-0.3, -0.25) is 0 Å². The quantitative estimate of drug-likeness (QED) is 0.683. The highest BCUT2D eigenvalue weighted by atomic mass is 32.2. The molecule has 0 aromatic carbocycles. The Hall–Kier alpha value is -0.130. The Morgan fingerprint density at radius 3 is 2.67 bits per heavy atom. The minimum Gasteiger partial charge on any atom is -0.382 e. The fourth-order valence-corrected chi connectivity index (χ4v) is 4.36. The number of ether oxygens (including phenoxy) is 1. The molecule has 1 atom stereocenters. The van der Waals surface area contributed by atoms with Crippen molar-refractivity contribution in [3.8, 4) is 0 Å². The van der Waals surface area contributed by atoms with Gasteiger partial charge in [0.15, 0.2) is 9.84 Å². The minimum absolute atomic E-state index is 0.171. The molecule has 1 fully saturated rings. The lowest BCUT2D eigenvalue weighted by Gasteiger charge is -2.25. The largest absolute Gasteiger partial charge is 0.382 e. The number of nitrogens with two attached hydrogens (primary N) is 1. The summed E-state index contributed by atoms with van der Waals surface area (Å²) in [5.74, 6) is 0.571. The topological polar surface area (TPSA) is 69.4 Å². The first-order valence-electron chi connectivity index (χ1n) is 5.52. The van der Waals surface area contributed by atoms with Crippen molar-refractivity contribution in [3.05, 3.63) is 0 Å². The molecule has 0 spiro atoms. The Balaban J connectivity index is 2.42. The second-order valence-electron chi connectivity index (χ2n) is 4.35. The summed E-state index contributed by atoms with van der Waals surface area (Å²) in [4.78, 5) is 0. The minimum atomic E-state index is -2.83. The molecule has 0 aromatic heterocycles. The van der Waals surface area contributed by atoms with Gasteiger partial charge in [-0.15, -0.1) is 0 Å². The third-order valence-corrected chi connectivity index (χ3v) is 4.98. The van der Waals surface area contributed by atoms with Gasteiger partial charge in [0.1, 0.15) is 0 Å². The zero-order chi connectivity index (χ0) is 11.4. The molecule has 1 saturated heterocycles. The van der Waals surface area contributed by atoms with E-state index in [1.807, 2.05) is 6.92 Å².